The molecule has 0 unspecified atom stereocenters. The molecule has 0 radical (unpaired) electrons. The van der Waals surface area contributed by atoms with E-state index in [2.05, 4.69) is 5.32 Å². The van der Waals surface area contributed by atoms with Crippen LogP contribution >= 0.6 is 11.6 Å². The number of aromatic carboxylic acids is 1. The number of methoxy groups -OCH3 is 2. The van der Waals surface area contributed by atoms with Crippen molar-refractivity contribution in [3.8, 4) is 17.2 Å². The summed E-state index contributed by atoms with van der Waals surface area (Å²) in [6, 6.07) is 7.71. The second kappa shape index (κ2) is 7.87. The molecule has 0 saturated heterocycles. The quantitative estimate of drug-likeness (QED) is 0.649. The van der Waals surface area contributed by atoms with Crippen LogP contribution in [0.25, 0.3) is 0 Å². The van der Waals surface area contributed by atoms with Crippen LogP contribution in [0.3, 0.4) is 0 Å². The summed E-state index contributed by atoms with van der Waals surface area (Å²) in [6.07, 6.45) is 1.62. The van der Waals surface area contributed by atoms with Gasteiger partial charge in [-0.3, -0.25) is 9.59 Å². The van der Waals surface area contributed by atoms with Gasteiger partial charge in [0.15, 0.2) is 5.75 Å². The number of allylic oxidation sites excluding steroid dienone is 1. The van der Waals surface area contributed by atoms with Crippen molar-refractivity contribution in [2.75, 3.05) is 19.5 Å². The highest BCUT2D eigenvalue weighted by Gasteiger charge is 2.60. The Bertz CT molecular complexity index is 1190. The minimum Gasteiger partial charge on any atom is -0.496 e. The number of anilines is 1. The number of hydrogen-bond donors (Lipinski definition) is 2. The minimum absolute atomic E-state index is 0.0621. The van der Waals surface area contributed by atoms with Gasteiger partial charge in [0.2, 0.25) is 17.2 Å². The Labute approximate surface area is 188 Å². The van der Waals surface area contributed by atoms with Crippen molar-refractivity contribution in [3.05, 3.63) is 58.3 Å². The number of rotatable bonds is 5. The molecule has 1 spiro atoms. The fourth-order valence-electron chi connectivity index (χ4n) is 4.13. The zero-order valence-electron chi connectivity index (χ0n) is 17.5. The van der Waals surface area contributed by atoms with E-state index in [9.17, 15) is 19.5 Å². The Kier molecular flexibility index (Phi) is 5.34. The predicted octanol–water partition coefficient (Wildman–Crippen LogP) is 3.97. The Morgan fingerprint density at radius 2 is 1.94 bits per heavy atom. The lowest BCUT2D eigenvalue weighted by molar-refractivity contribution is -0.129. The standard InChI is InChI=1S/C23H20ClNO7/c1-11-7-14(25-13-6-4-5-12(8-13)22(28)29)9-17(26)23(11)21(27)18-15(30-2)10-16(31-3)19(24)20(18)32-23/h4-6,8-11,25H,7H2,1-3H3,(H,28,29)/t11-,23+/m1/s1. The lowest BCUT2D eigenvalue weighted by Gasteiger charge is -2.35. The smallest absolute Gasteiger partial charge is 0.335 e. The fraction of sp³-hybridized carbons (Fsp3) is 0.261. The van der Waals surface area contributed by atoms with Crippen LogP contribution in [0.5, 0.6) is 17.2 Å². The third-order valence-corrected chi connectivity index (χ3v) is 6.08. The van der Waals surface area contributed by atoms with E-state index < -0.39 is 29.1 Å². The van der Waals surface area contributed by atoms with Gasteiger partial charge in [-0.05, 0) is 24.6 Å². The lowest BCUT2D eigenvalue weighted by Crippen LogP contribution is -2.55. The second-order valence-corrected chi connectivity index (χ2v) is 7.99. The number of fused-ring (bicyclic) bond motifs is 1. The van der Waals surface area contributed by atoms with Crippen LogP contribution < -0.4 is 19.5 Å². The summed E-state index contributed by atoms with van der Waals surface area (Å²) >= 11 is 6.38. The van der Waals surface area contributed by atoms with E-state index in [1.807, 2.05) is 0 Å². The maximum absolute atomic E-state index is 13.5. The Morgan fingerprint density at radius 3 is 2.56 bits per heavy atom. The molecule has 0 amide bonds. The first-order chi connectivity index (χ1) is 15.2. The van der Waals surface area contributed by atoms with Gasteiger partial charge in [-0.15, -0.1) is 0 Å². The van der Waals surface area contributed by atoms with Crippen molar-refractivity contribution < 1.29 is 33.7 Å². The minimum atomic E-state index is -1.76. The molecule has 8 nitrogen and oxygen atoms in total. The number of nitrogens with one attached hydrogen (secondary N) is 1. The molecule has 9 heteroatoms. The molecule has 0 aromatic heterocycles. The van der Waals surface area contributed by atoms with Gasteiger partial charge in [0.1, 0.15) is 22.1 Å². The van der Waals surface area contributed by atoms with E-state index in [1.54, 1.807) is 19.1 Å². The average Bonchev–Trinajstić information content (AvgIpc) is 3.08. The predicted molar refractivity (Wildman–Crippen MR) is 116 cm³/mol. The van der Waals surface area contributed by atoms with Crippen LogP contribution in [0.1, 0.15) is 34.1 Å². The highest BCUT2D eigenvalue weighted by molar-refractivity contribution is 6.36. The van der Waals surface area contributed by atoms with Crippen molar-refractivity contribution in [3.63, 3.8) is 0 Å². The molecule has 0 bridgehead atoms. The van der Waals surface area contributed by atoms with Gasteiger partial charge in [0.25, 0.3) is 0 Å². The van der Waals surface area contributed by atoms with Gasteiger partial charge in [-0.1, -0.05) is 24.6 Å². The number of Topliss-reactive ketones (excluding diaryl/α,β-unsaturated/α-hetero) is 1. The first-order valence-corrected chi connectivity index (χ1v) is 10.1. The number of carboxylic acids is 1. The van der Waals surface area contributed by atoms with Crippen LogP contribution in [0, 0.1) is 5.92 Å². The topological polar surface area (TPSA) is 111 Å². The van der Waals surface area contributed by atoms with Crippen LogP contribution in [0.2, 0.25) is 5.02 Å². The van der Waals surface area contributed by atoms with Gasteiger partial charge in [0.05, 0.1) is 19.8 Å². The summed E-state index contributed by atoms with van der Waals surface area (Å²) in [4.78, 5) is 38.0. The molecule has 2 aliphatic rings. The van der Waals surface area contributed by atoms with E-state index in [4.69, 9.17) is 25.8 Å². The average molecular weight is 458 g/mol. The van der Waals surface area contributed by atoms with E-state index in [0.29, 0.717) is 17.8 Å². The third-order valence-electron chi connectivity index (χ3n) is 5.72. The zero-order valence-corrected chi connectivity index (χ0v) is 18.3. The molecule has 2 atom stereocenters. The van der Waals surface area contributed by atoms with E-state index in [0.717, 1.165) is 0 Å². The molecule has 0 fully saturated rings. The summed E-state index contributed by atoms with van der Waals surface area (Å²) < 4.78 is 16.6. The zero-order chi connectivity index (χ0) is 23.2. The van der Waals surface area contributed by atoms with Crippen LogP contribution in [-0.2, 0) is 4.79 Å². The SMILES string of the molecule is COc1cc(OC)c2c(c1Cl)O[C@@]1(C(=O)C=C(Nc3cccc(C(=O)O)c3)C[C@H]1C)C2=O. The largest absolute Gasteiger partial charge is 0.496 e. The van der Waals surface area contributed by atoms with E-state index in [-0.39, 0.29) is 33.4 Å². The molecule has 1 heterocycles. The first kappa shape index (κ1) is 21.7. The Morgan fingerprint density at radius 1 is 1.22 bits per heavy atom. The second-order valence-electron chi connectivity index (χ2n) is 7.62. The maximum Gasteiger partial charge on any atom is 0.335 e. The van der Waals surface area contributed by atoms with Gasteiger partial charge in [-0.2, -0.15) is 0 Å². The molecular formula is C23H20ClNO7. The van der Waals surface area contributed by atoms with Crippen molar-refractivity contribution in [2.45, 2.75) is 18.9 Å². The van der Waals surface area contributed by atoms with Crippen LogP contribution in [-0.4, -0.2) is 42.5 Å². The van der Waals surface area contributed by atoms with Gasteiger partial charge in [-0.25, -0.2) is 4.79 Å². The maximum atomic E-state index is 13.5. The lowest BCUT2D eigenvalue weighted by atomic mass is 9.74. The van der Waals surface area contributed by atoms with Crippen molar-refractivity contribution >= 4 is 34.8 Å². The molecule has 32 heavy (non-hydrogen) atoms. The number of carboxylic acid groups (broad SMARTS) is 1. The monoisotopic (exact) mass is 457 g/mol. The van der Waals surface area contributed by atoms with E-state index in [1.165, 1.54) is 38.5 Å². The number of ketones is 2. The number of halogens is 1. The molecule has 1 aliphatic heterocycles. The molecule has 1 aliphatic carbocycles. The summed E-state index contributed by atoms with van der Waals surface area (Å²) in [7, 11) is 2.83. The summed E-state index contributed by atoms with van der Waals surface area (Å²) in [5, 5.41) is 12.3. The van der Waals surface area contributed by atoms with Crippen molar-refractivity contribution in [1.29, 1.82) is 0 Å². The normalized spacial score (nSPS) is 21.6. The number of hydrogen-bond acceptors (Lipinski definition) is 7. The summed E-state index contributed by atoms with van der Waals surface area (Å²) in [6.45, 7) is 1.74. The molecule has 2 N–H and O–H groups in total. The third kappa shape index (κ3) is 3.18. The van der Waals surface area contributed by atoms with Crippen LogP contribution in [0.15, 0.2) is 42.1 Å². The number of ether oxygens (including phenoxy) is 3. The summed E-state index contributed by atoms with van der Waals surface area (Å²) in [5.41, 5.74) is -0.484. The molecular weight excluding hydrogens is 438 g/mol. The Hall–Kier alpha value is -3.52. The van der Waals surface area contributed by atoms with Crippen molar-refractivity contribution in [1.82, 2.24) is 0 Å². The molecule has 0 saturated carbocycles. The van der Waals surface area contributed by atoms with E-state index >= 15 is 0 Å². The molecule has 166 valence electrons. The molecule has 4 rings (SSSR count). The highest BCUT2D eigenvalue weighted by atomic mass is 35.5. The fourth-order valence-corrected chi connectivity index (χ4v) is 4.40. The van der Waals surface area contributed by atoms with Gasteiger partial charge < -0.3 is 24.6 Å². The number of carbonyl (C=O) groups is 3. The number of benzene rings is 2. The Balaban J connectivity index is 1.70. The van der Waals surface area contributed by atoms with Crippen LogP contribution in [0.4, 0.5) is 5.69 Å². The van der Waals surface area contributed by atoms with Crippen molar-refractivity contribution in [2.24, 2.45) is 5.92 Å². The first-order valence-electron chi connectivity index (χ1n) is 9.76. The highest BCUT2D eigenvalue weighted by Crippen LogP contribution is 2.53. The number of carbonyl (C=O) groups excluding carboxylic acids is 2. The molecule has 2 aromatic rings. The summed E-state index contributed by atoms with van der Waals surface area (Å²) in [5.74, 6) is -2.12. The van der Waals surface area contributed by atoms with Gasteiger partial charge >= 0.3 is 5.97 Å². The van der Waals surface area contributed by atoms with Gasteiger partial charge in [0, 0.05) is 29.4 Å². The molecule has 2 aromatic carbocycles.